The van der Waals surface area contributed by atoms with E-state index in [1.807, 2.05) is 37.6 Å². The minimum atomic E-state index is -0.205. The molecule has 1 amide bonds. The molecule has 8 heteroatoms. The first kappa shape index (κ1) is 21.8. The molecule has 3 aromatic rings. The minimum Gasteiger partial charge on any atom is -0.353 e. The molecule has 0 spiro atoms. The maximum Gasteiger partial charge on any atom is 0.234 e. The topological polar surface area (TPSA) is 89.1 Å². The van der Waals surface area contributed by atoms with Crippen molar-refractivity contribution in [2.24, 2.45) is 5.92 Å². The van der Waals surface area contributed by atoms with Crippen molar-refractivity contribution < 1.29 is 9.32 Å². The van der Waals surface area contributed by atoms with Gasteiger partial charge in [0.15, 0.2) is 5.82 Å². The van der Waals surface area contributed by atoms with Gasteiger partial charge in [0.05, 0.1) is 11.1 Å². The number of hydrogen-bond acceptors (Lipinski definition) is 6. The lowest BCUT2D eigenvalue weighted by Gasteiger charge is -2.25. The molecular weight excluding hydrogens is 416 g/mol. The van der Waals surface area contributed by atoms with Crippen LogP contribution < -0.4 is 5.32 Å². The minimum absolute atomic E-state index is 0.0746. The van der Waals surface area contributed by atoms with Crippen LogP contribution in [-0.4, -0.2) is 49.9 Å². The van der Waals surface area contributed by atoms with Crippen LogP contribution >= 0.6 is 0 Å². The number of benzene rings is 1. The summed E-state index contributed by atoms with van der Waals surface area (Å²) in [5.74, 6) is 1.84. The van der Waals surface area contributed by atoms with Crippen LogP contribution in [0, 0.1) is 26.7 Å². The summed E-state index contributed by atoms with van der Waals surface area (Å²) in [5.41, 5.74) is 3.17. The van der Waals surface area contributed by atoms with Crippen LogP contribution in [0.3, 0.4) is 0 Å². The van der Waals surface area contributed by atoms with E-state index in [0.717, 1.165) is 49.8 Å². The van der Waals surface area contributed by atoms with Gasteiger partial charge in [0.1, 0.15) is 0 Å². The Morgan fingerprint density at radius 1 is 1.24 bits per heavy atom. The third kappa shape index (κ3) is 4.44. The Kier molecular flexibility index (Phi) is 5.78. The number of aryl methyl sites for hydroxylation is 4. The molecule has 3 atom stereocenters. The number of carbonyl (C=O) groups excluding carboxylic acids is 1. The fourth-order valence-corrected chi connectivity index (χ4v) is 5.79. The van der Waals surface area contributed by atoms with Gasteiger partial charge < -0.3 is 9.84 Å². The number of amides is 1. The molecule has 1 aliphatic heterocycles. The Morgan fingerprint density at radius 3 is 2.76 bits per heavy atom. The smallest absolute Gasteiger partial charge is 0.234 e. The molecule has 1 N–H and O–H groups in total. The molecule has 0 unspecified atom stereocenters. The van der Waals surface area contributed by atoms with Gasteiger partial charge in [0.25, 0.3) is 0 Å². The Morgan fingerprint density at radius 2 is 2.06 bits per heavy atom. The number of fused-ring (bicyclic) bond motifs is 1. The van der Waals surface area contributed by atoms with Crippen LogP contribution in [-0.2, 0) is 23.3 Å². The van der Waals surface area contributed by atoms with E-state index >= 15 is 0 Å². The lowest BCUT2D eigenvalue weighted by atomic mass is 9.80. The maximum atomic E-state index is 12.7. The second-order valence-corrected chi connectivity index (χ2v) is 9.76. The number of likely N-dealkylation sites (tertiary alicyclic amines) is 1. The molecule has 174 valence electrons. The van der Waals surface area contributed by atoms with Crippen LogP contribution in [0.25, 0.3) is 0 Å². The zero-order valence-corrected chi connectivity index (χ0v) is 19.6. The number of rotatable bonds is 7. The first-order valence-corrected chi connectivity index (χ1v) is 11.8. The van der Waals surface area contributed by atoms with E-state index in [1.54, 1.807) is 0 Å². The lowest BCUT2D eigenvalue weighted by molar-refractivity contribution is -0.122. The summed E-state index contributed by atoms with van der Waals surface area (Å²) in [6, 6.07) is 12.7. The van der Waals surface area contributed by atoms with Crippen molar-refractivity contribution in [3.8, 4) is 0 Å². The monoisotopic (exact) mass is 448 g/mol. The predicted octanol–water partition coefficient (Wildman–Crippen LogP) is 2.93. The van der Waals surface area contributed by atoms with Crippen molar-refractivity contribution >= 4 is 5.91 Å². The fourth-order valence-electron chi connectivity index (χ4n) is 5.79. The zero-order chi connectivity index (χ0) is 23.0. The maximum absolute atomic E-state index is 12.7. The second kappa shape index (κ2) is 8.74. The zero-order valence-electron chi connectivity index (χ0n) is 19.6. The summed E-state index contributed by atoms with van der Waals surface area (Å²) in [5, 5.41) is 11.8. The third-order valence-electron chi connectivity index (χ3n) is 7.17. The second-order valence-electron chi connectivity index (χ2n) is 9.76. The van der Waals surface area contributed by atoms with Gasteiger partial charge in [-0.05, 0) is 51.2 Å². The Hall–Kier alpha value is -3.00. The summed E-state index contributed by atoms with van der Waals surface area (Å²) < 4.78 is 7.62. The highest BCUT2D eigenvalue weighted by Gasteiger charge is 2.57. The molecule has 5 rings (SSSR count). The van der Waals surface area contributed by atoms with Gasteiger partial charge in [0.2, 0.25) is 11.8 Å². The SMILES string of the molecule is Cc1cc(C)n(CCC(=O)N[C@@H]2C[C@H]3CN(Cc4ccccc4)C[C@@]3(c3nc(C)no3)C2)n1. The van der Waals surface area contributed by atoms with Crippen molar-refractivity contribution in [3.63, 3.8) is 0 Å². The van der Waals surface area contributed by atoms with E-state index in [9.17, 15) is 4.79 Å². The Bertz CT molecular complexity index is 1120. The molecule has 8 nitrogen and oxygen atoms in total. The van der Waals surface area contributed by atoms with Crippen molar-refractivity contribution in [3.05, 3.63) is 65.1 Å². The number of carbonyl (C=O) groups is 1. The molecule has 2 aromatic heterocycles. The standard InChI is InChI=1S/C25H32N6O2/c1-17-11-18(2)31(28-17)10-9-23(32)27-22-12-21-15-30(14-20-7-5-4-6-8-20)16-25(21,13-22)24-26-19(3)29-33-24/h4-8,11,21-22H,9-10,12-16H2,1-3H3,(H,27,32)/t21-,22+,25-/m0/s1. The molecule has 0 radical (unpaired) electrons. The van der Waals surface area contributed by atoms with Gasteiger partial charge in [-0.1, -0.05) is 35.5 Å². The first-order chi connectivity index (χ1) is 15.9. The van der Waals surface area contributed by atoms with Gasteiger partial charge in [-0.25, -0.2) is 0 Å². The molecule has 33 heavy (non-hydrogen) atoms. The van der Waals surface area contributed by atoms with E-state index in [1.165, 1.54) is 5.56 Å². The summed E-state index contributed by atoms with van der Waals surface area (Å²) in [4.78, 5) is 19.9. The lowest BCUT2D eigenvalue weighted by Crippen LogP contribution is -2.38. The van der Waals surface area contributed by atoms with E-state index in [-0.39, 0.29) is 17.4 Å². The van der Waals surface area contributed by atoms with E-state index in [2.05, 4.69) is 49.7 Å². The molecule has 1 saturated carbocycles. The van der Waals surface area contributed by atoms with Gasteiger partial charge in [0, 0.05) is 44.3 Å². The molecule has 1 aliphatic carbocycles. The highest BCUT2D eigenvalue weighted by molar-refractivity contribution is 5.76. The predicted molar refractivity (Wildman–Crippen MR) is 123 cm³/mol. The molecule has 3 heterocycles. The van der Waals surface area contributed by atoms with Crippen molar-refractivity contribution in [1.29, 1.82) is 0 Å². The number of hydrogen-bond donors (Lipinski definition) is 1. The van der Waals surface area contributed by atoms with E-state index < -0.39 is 0 Å². The van der Waals surface area contributed by atoms with Crippen LogP contribution in [0.2, 0.25) is 0 Å². The summed E-state index contributed by atoms with van der Waals surface area (Å²) in [6.07, 6.45) is 2.19. The Balaban J connectivity index is 1.25. The molecule has 2 fully saturated rings. The number of nitrogens with one attached hydrogen (secondary N) is 1. The van der Waals surface area contributed by atoms with Gasteiger partial charge >= 0.3 is 0 Å². The summed E-state index contributed by atoms with van der Waals surface area (Å²) in [7, 11) is 0. The normalized spacial score (nSPS) is 24.8. The average molecular weight is 449 g/mol. The van der Waals surface area contributed by atoms with Gasteiger partial charge in [-0.15, -0.1) is 0 Å². The largest absolute Gasteiger partial charge is 0.353 e. The van der Waals surface area contributed by atoms with Gasteiger partial charge in [-0.2, -0.15) is 10.1 Å². The van der Waals surface area contributed by atoms with Crippen molar-refractivity contribution in [2.75, 3.05) is 13.1 Å². The van der Waals surface area contributed by atoms with E-state index in [4.69, 9.17) is 4.52 Å². The molecule has 1 saturated heterocycles. The van der Waals surface area contributed by atoms with E-state index in [0.29, 0.717) is 24.7 Å². The highest BCUT2D eigenvalue weighted by Crippen LogP contribution is 2.50. The number of aromatic nitrogens is 4. The quantitative estimate of drug-likeness (QED) is 0.598. The first-order valence-electron chi connectivity index (χ1n) is 11.8. The van der Waals surface area contributed by atoms with Crippen LogP contribution in [0.5, 0.6) is 0 Å². The van der Waals surface area contributed by atoms with Crippen LogP contribution in [0.4, 0.5) is 0 Å². The highest BCUT2D eigenvalue weighted by atomic mass is 16.5. The van der Waals surface area contributed by atoms with Crippen molar-refractivity contribution in [2.45, 2.75) is 64.6 Å². The Labute approximate surface area is 194 Å². The summed E-state index contributed by atoms with van der Waals surface area (Å²) >= 11 is 0. The van der Waals surface area contributed by atoms with Crippen LogP contribution in [0.15, 0.2) is 40.9 Å². The molecule has 0 bridgehead atoms. The number of nitrogens with zero attached hydrogens (tertiary/aromatic N) is 5. The molecular formula is C25H32N6O2. The molecule has 2 aliphatic rings. The molecule has 1 aromatic carbocycles. The van der Waals surface area contributed by atoms with Crippen molar-refractivity contribution in [1.82, 2.24) is 30.1 Å². The fraction of sp³-hybridized carbons (Fsp3) is 0.520. The average Bonchev–Trinajstić information content (AvgIpc) is 3.50. The third-order valence-corrected chi connectivity index (χ3v) is 7.17. The van der Waals surface area contributed by atoms with Gasteiger partial charge in [-0.3, -0.25) is 14.4 Å². The van der Waals surface area contributed by atoms with Crippen LogP contribution in [0.1, 0.15) is 47.9 Å². The summed E-state index contributed by atoms with van der Waals surface area (Å²) in [6.45, 7) is 9.20.